The molecular formula is C14H22N2O2. The zero-order valence-corrected chi connectivity index (χ0v) is 11.3. The highest BCUT2D eigenvalue weighted by Gasteiger charge is 2.04. The van der Waals surface area contributed by atoms with E-state index >= 15 is 0 Å². The molecule has 0 aliphatic heterocycles. The quantitative estimate of drug-likeness (QED) is 0.730. The Labute approximate surface area is 109 Å². The molecule has 0 aliphatic rings. The van der Waals surface area contributed by atoms with Crippen molar-refractivity contribution in [2.24, 2.45) is 0 Å². The predicted molar refractivity (Wildman–Crippen MR) is 73.7 cm³/mol. The third-order valence-corrected chi connectivity index (χ3v) is 2.81. The van der Waals surface area contributed by atoms with Crippen LogP contribution in [0.15, 0.2) is 24.3 Å². The highest BCUT2D eigenvalue weighted by Crippen LogP contribution is 2.15. The monoisotopic (exact) mass is 250 g/mol. The Bertz CT molecular complexity index is 363. The van der Waals surface area contributed by atoms with Gasteiger partial charge in [-0.1, -0.05) is 12.1 Å². The summed E-state index contributed by atoms with van der Waals surface area (Å²) in [5.41, 5.74) is 2.02. The Balaban J connectivity index is 2.45. The second-order valence-corrected chi connectivity index (χ2v) is 4.13. The van der Waals surface area contributed by atoms with E-state index in [1.807, 2.05) is 38.2 Å². The molecule has 0 aliphatic carbocycles. The first-order valence-corrected chi connectivity index (χ1v) is 6.32. The van der Waals surface area contributed by atoms with E-state index in [2.05, 4.69) is 17.6 Å². The van der Waals surface area contributed by atoms with Crippen molar-refractivity contribution in [2.45, 2.75) is 26.3 Å². The van der Waals surface area contributed by atoms with Crippen LogP contribution in [0.25, 0.3) is 0 Å². The molecule has 0 heterocycles. The molecule has 100 valence electrons. The van der Waals surface area contributed by atoms with Crippen molar-refractivity contribution in [3.05, 3.63) is 29.8 Å². The average molecular weight is 250 g/mol. The van der Waals surface area contributed by atoms with E-state index in [1.165, 1.54) is 5.56 Å². The number of benzene rings is 1. The van der Waals surface area contributed by atoms with Gasteiger partial charge in [0.25, 0.3) is 0 Å². The maximum absolute atomic E-state index is 11.6. The number of anilines is 1. The third-order valence-electron chi connectivity index (χ3n) is 2.81. The average Bonchev–Trinajstić information content (AvgIpc) is 2.39. The van der Waals surface area contributed by atoms with E-state index in [9.17, 15) is 4.79 Å². The van der Waals surface area contributed by atoms with Crippen LogP contribution >= 0.6 is 0 Å². The van der Waals surface area contributed by atoms with Crippen LogP contribution in [0.5, 0.6) is 0 Å². The molecule has 0 spiro atoms. The van der Waals surface area contributed by atoms with Gasteiger partial charge in [-0.2, -0.15) is 0 Å². The summed E-state index contributed by atoms with van der Waals surface area (Å²) < 4.78 is 5.14. The molecule has 0 saturated heterocycles. The summed E-state index contributed by atoms with van der Waals surface area (Å²) in [7, 11) is 1.92. The SMILES string of the molecule is CCOCCC(=O)Nc1ccc(C(C)NC)cc1. The lowest BCUT2D eigenvalue weighted by Crippen LogP contribution is -2.15. The summed E-state index contributed by atoms with van der Waals surface area (Å²) in [6, 6.07) is 8.18. The second kappa shape index (κ2) is 7.84. The van der Waals surface area contributed by atoms with E-state index in [0.29, 0.717) is 25.7 Å². The molecule has 0 saturated carbocycles. The van der Waals surface area contributed by atoms with Crippen molar-refractivity contribution in [3.63, 3.8) is 0 Å². The van der Waals surface area contributed by atoms with Gasteiger partial charge in [-0.15, -0.1) is 0 Å². The van der Waals surface area contributed by atoms with Crippen molar-refractivity contribution in [1.82, 2.24) is 5.32 Å². The zero-order valence-electron chi connectivity index (χ0n) is 11.3. The van der Waals surface area contributed by atoms with Crippen LogP contribution in [-0.4, -0.2) is 26.2 Å². The van der Waals surface area contributed by atoms with Gasteiger partial charge in [0.05, 0.1) is 13.0 Å². The van der Waals surface area contributed by atoms with Gasteiger partial charge in [-0.3, -0.25) is 4.79 Å². The fourth-order valence-corrected chi connectivity index (χ4v) is 1.55. The minimum absolute atomic E-state index is 0.0159. The molecule has 1 aromatic carbocycles. The first-order valence-electron chi connectivity index (χ1n) is 6.32. The molecule has 1 amide bonds. The van der Waals surface area contributed by atoms with Crippen molar-refractivity contribution in [3.8, 4) is 0 Å². The lowest BCUT2D eigenvalue weighted by Gasteiger charge is -2.11. The van der Waals surface area contributed by atoms with Crippen molar-refractivity contribution >= 4 is 11.6 Å². The molecule has 18 heavy (non-hydrogen) atoms. The van der Waals surface area contributed by atoms with Gasteiger partial charge in [0.15, 0.2) is 0 Å². The van der Waals surface area contributed by atoms with Crippen molar-refractivity contribution < 1.29 is 9.53 Å². The fourth-order valence-electron chi connectivity index (χ4n) is 1.55. The number of hydrogen-bond acceptors (Lipinski definition) is 3. The van der Waals surface area contributed by atoms with Gasteiger partial charge in [0.2, 0.25) is 5.91 Å². The lowest BCUT2D eigenvalue weighted by atomic mass is 10.1. The van der Waals surface area contributed by atoms with Crippen LogP contribution in [0.4, 0.5) is 5.69 Å². The lowest BCUT2D eigenvalue weighted by molar-refractivity contribution is -0.117. The summed E-state index contributed by atoms with van der Waals surface area (Å²) in [5.74, 6) is -0.0159. The molecule has 1 aromatic rings. The maximum atomic E-state index is 11.6. The summed E-state index contributed by atoms with van der Waals surface area (Å²) in [5, 5.41) is 6.02. The van der Waals surface area contributed by atoms with Crippen LogP contribution in [0.2, 0.25) is 0 Å². The van der Waals surface area contributed by atoms with Crippen molar-refractivity contribution in [1.29, 1.82) is 0 Å². The summed E-state index contributed by atoms with van der Waals surface area (Å²) >= 11 is 0. The smallest absolute Gasteiger partial charge is 0.226 e. The number of rotatable bonds is 7. The molecule has 0 bridgehead atoms. The second-order valence-electron chi connectivity index (χ2n) is 4.13. The Morgan fingerprint density at radius 3 is 2.56 bits per heavy atom. The number of amides is 1. The van der Waals surface area contributed by atoms with Crippen LogP contribution in [0.3, 0.4) is 0 Å². The van der Waals surface area contributed by atoms with E-state index < -0.39 is 0 Å². The molecule has 1 atom stereocenters. The fraction of sp³-hybridized carbons (Fsp3) is 0.500. The highest BCUT2D eigenvalue weighted by molar-refractivity contribution is 5.90. The largest absolute Gasteiger partial charge is 0.381 e. The first kappa shape index (κ1) is 14.7. The summed E-state index contributed by atoms with van der Waals surface area (Å²) in [6.07, 6.45) is 0.391. The van der Waals surface area contributed by atoms with E-state index in [4.69, 9.17) is 4.74 Å². The topological polar surface area (TPSA) is 50.4 Å². The minimum atomic E-state index is -0.0159. The number of ether oxygens (including phenoxy) is 1. The summed E-state index contributed by atoms with van der Waals surface area (Å²) in [4.78, 5) is 11.6. The maximum Gasteiger partial charge on any atom is 0.226 e. The normalized spacial score (nSPS) is 12.2. The number of carbonyl (C=O) groups is 1. The van der Waals surface area contributed by atoms with Crippen molar-refractivity contribution in [2.75, 3.05) is 25.6 Å². The molecule has 4 heteroatoms. The van der Waals surface area contributed by atoms with Gasteiger partial charge in [-0.25, -0.2) is 0 Å². The van der Waals surface area contributed by atoms with E-state index in [-0.39, 0.29) is 5.91 Å². The third kappa shape index (κ3) is 4.85. The van der Waals surface area contributed by atoms with Crippen LogP contribution in [0, 0.1) is 0 Å². The zero-order chi connectivity index (χ0) is 13.4. The summed E-state index contributed by atoms with van der Waals surface area (Å²) in [6.45, 7) is 5.12. The molecule has 0 radical (unpaired) electrons. The van der Waals surface area contributed by atoms with Crippen LogP contribution < -0.4 is 10.6 Å². The Hall–Kier alpha value is -1.39. The number of carbonyl (C=O) groups excluding carboxylic acids is 1. The van der Waals surface area contributed by atoms with Gasteiger partial charge in [0, 0.05) is 18.3 Å². The Morgan fingerprint density at radius 2 is 2.00 bits per heavy atom. The highest BCUT2D eigenvalue weighted by atomic mass is 16.5. The van der Waals surface area contributed by atoms with Gasteiger partial charge < -0.3 is 15.4 Å². The molecule has 4 nitrogen and oxygen atoms in total. The molecular weight excluding hydrogens is 228 g/mol. The molecule has 1 unspecified atom stereocenters. The molecule has 0 fully saturated rings. The van der Waals surface area contributed by atoms with Crippen LogP contribution in [0.1, 0.15) is 31.9 Å². The predicted octanol–water partition coefficient (Wildman–Crippen LogP) is 2.33. The molecule has 0 aromatic heterocycles. The number of nitrogens with one attached hydrogen (secondary N) is 2. The molecule has 2 N–H and O–H groups in total. The first-order chi connectivity index (χ1) is 8.67. The van der Waals surface area contributed by atoms with Gasteiger partial charge in [0.1, 0.15) is 0 Å². The minimum Gasteiger partial charge on any atom is -0.381 e. The Kier molecular flexibility index (Phi) is 6.39. The van der Waals surface area contributed by atoms with Gasteiger partial charge >= 0.3 is 0 Å². The van der Waals surface area contributed by atoms with Gasteiger partial charge in [-0.05, 0) is 38.6 Å². The van der Waals surface area contributed by atoms with Crippen LogP contribution in [-0.2, 0) is 9.53 Å². The Morgan fingerprint density at radius 1 is 1.33 bits per heavy atom. The number of hydrogen-bond donors (Lipinski definition) is 2. The standard InChI is InChI=1S/C14H22N2O2/c1-4-18-10-9-14(17)16-13-7-5-12(6-8-13)11(2)15-3/h5-8,11,15H,4,9-10H2,1-3H3,(H,16,17). The van der Waals surface area contributed by atoms with E-state index in [1.54, 1.807) is 0 Å². The van der Waals surface area contributed by atoms with E-state index in [0.717, 1.165) is 5.69 Å². The molecule has 1 rings (SSSR count).